The lowest BCUT2D eigenvalue weighted by Crippen LogP contribution is -2.11. The number of benzene rings is 2. The minimum atomic E-state index is -0.199. The minimum absolute atomic E-state index is 0.0743. The Kier molecular flexibility index (Phi) is 5.18. The summed E-state index contributed by atoms with van der Waals surface area (Å²) in [5.41, 5.74) is 2.99. The second-order valence-corrected chi connectivity index (χ2v) is 6.77. The number of nitrogens with zero attached hydrogens (tertiary/aromatic N) is 1. The SMILES string of the molecule is CCC(=O)Nc1nc2c(C)cc(NC(=O)c3ccc(OC)cc3)cc2s1. The summed E-state index contributed by atoms with van der Waals surface area (Å²) >= 11 is 1.39. The van der Waals surface area contributed by atoms with E-state index in [1.807, 2.05) is 19.1 Å². The first-order valence-electron chi connectivity index (χ1n) is 8.16. The molecule has 0 aliphatic heterocycles. The van der Waals surface area contributed by atoms with Crippen molar-refractivity contribution in [3.8, 4) is 5.75 Å². The maximum absolute atomic E-state index is 12.4. The zero-order chi connectivity index (χ0) is 18.7. The fourth-order valence-corrected chi connectivity index (χ4v) is 3.48. The van der Waals surface area contributed by atoms with Crippen LogP contribution in [0.1, 0.15) is 29.3 Å². The number of nitrogens with one attached hydrogen (secondary N) is 2. The second kappa shape index (κ2) is 7.53. The first-order chi connectivity index (χ1) is 12.5. The Hall–Kier alpha value is -2.93. The number of aryl methyl sites for hydroxylation is 1. The van der Waals surface area contributed by atoms with Gasteiger partial charge < -0.3 is 15.4 Å². The van der Waals surface area contributed by atoms with Gasteiger partial charge in [-0.1, -0.05) is 18.3 Å². The molecule has 26 heavy (non-hydrogen) atoms. The Bertz CT molecular complexity index is 964. The smallest absolute Gasteiger partial charge is 0.255 e. The van der Waals surface area contributed by atoms with Crippen LogP contribution in [0.2, 0.25) is 0 Å². The molecule has 0 radical (unpaired) electrons. The second-order valence-electron chi connectivity index (χ2n) is 5.74. The van der Waals surface area contributed by atoms with Crippen molar-refractivity contribution in [1.82, 2.24) is 4.98 Å². The molecule has 3 aromatic rings. The third-order valence-electron chi connectivity index (χ3n) is 3.86. The van der Waals surface area contributed by atoms with Gasteiger partial charge in [0.2, 0.25) is 5.91 Å². The van der Waals surface area contributed by atoms with Crippen LogP contribution in [-0.2, 0) is 4.79 Å². The van der Waals surface area contributed by atoms with Crippen molar-refractivity contribution in [2.75, 3.05) is 17.7 Å². The number of fused-ring (bicyclic) bond motifs is 1. The van der Waals surface area contributed by atoms with Crippen LogP contribution in [0.15, 0.2) is 36.4 Å². The van der Waals surface area contributed by atoms with Crippen LogP contribution in [0.25, 0.3) is 10.2 Å². The van der Waals surface area contributed by atoms with E-state index in [0.717, 1.165) is 15.8 Å². The fraction of sp³-hybridized carbons (Fsp3) is 0.211. The number of methoxy groups -OCH3 is 1. The topological polar surface area (TPSA) is 80.3 Å². The molecule has 0 saturated carbocycles. The Balaban J connectivity index is 1.83. The van der Waals surface area contributed by atoms with E-state index in [1.165, 1.54) is 11.3 Å². The van der Waals surface area contributed by atoms with Gasteiger partial charge in [0.1, 0.15) is 5.75 Å². The molecule has 0 aliphatic rings. The molecular weight excluding hydrogens is 350 g/mol. The van der Waals surface area contributed by atoms with Crippen molar-refractivity contribution < 1.29 is 14.3 Å². The van der Waals surface area contributed by atoms with Gasteiger partial charge in [0.05, 0.1) is 17.3 Å². The van der Waals surface area contributed by atoms with E-state index in [0.29, 0.717) is 28.6 Å². The maximum Gasteiger partial charge on any atom is 0.255 e. The summed E-state index contributed by atoms with van der Waals surface area (Å²) in [6.45, 7) is 3.72. The van der Waals surface area contributed by atoms with E-state index in [2.05, 4.69) is 15.6 Å². The Labute approximate surface area is 155 Å². The van der Waals surface area contributed by atoms with Crippen LogP contribution < -0.4 is 15.4 Å². The molecule has 2 N–H and O–H groups in total. The Morgan fingerprint density at radius 1 is 1.15 bits per heavy atom. The molecule has 134 valence electrons. The van der Waals surface area contributed by atoms with Gasteiger partial charge >= 0.3 is 0 Å². The number of thiazole rings is 1. The predicted octanol–water partition coefficient (Wildman–Crippen LogP) is 4.21. The van der Waals surface area contributed by atoms with Crippen molar-refractivity contribution in [1.29, 1.82) is 0 Å². The highest BCUT2D eigenvalue weighted by molar-refractivity contribution is 7.22. The molecule has 0 bridgehead atoms. The van der Waals surface area contributed by atoms with Gasteiger partial charge in [-0.3, -0.25) is 9.59 Å². The molecule has 7 heteroatoms. The van der Waals surface area contributed by atoms with Crippen LogP contribution in [-0.4, -0.2) is 23.9 Å². The number of hydrogen-bond acceptors (Lipinski definition) is 5. The molecule has 1 aromatic heterocycles. The Morgan fingerprint density at radius 3 is 2.54 bits per heavy atom. The van der Waals surface area contributed by atoms with Crippen molar-refractivity contribution in [2.45, 2.75) is 20.3 Å². The number of amides is 2. The van der Waals surface area contributed by atoms with E-state index < -0.39 is 0 Å². The standard InChI is InChI=1S/C19H19N3O3S/c1-4-16(23)21-19-22-17-11(2)9-13(10-15(17)26-19)20-18(24)12-5-7-14(25-3)8-6-12/h5-10H,4H2,1-3H3,(H,20,24)(H,21,22,23). The summed E-state index contributed by atoms with van der Waals surface area (Å²) in [6.07, 6.45) is 0.401. The third kappa shape index (κ3) is 3.83. The monoisotopic (exact) mass is 369 g/mol. The molecule has 0 saturated heterocycles. The van der Waals surface area contributed by atoms with Gasteiger partial charge in [-0.2, -0.15) is 0 Å². The molecule has 0 spiro atoms. The molecule has 0 atom stereocenters. The quantitative estimate of drug-likeness (QED) is 0.706. The summed E-state index contributed by atoms with van der Waals surface area (Å²) in [5, 5.41) is 6.24. The molecule has 6 nitrogen and oxygen atoms in total. The van der Waals surface area contributed by atoms with Gasteiger partial charge in [-0.15, -0.1) is 0 Å². The zero-order valence-electron chi connectivity index (χ0n) is 14.8. The van der Waals surface area contributed by atoms with Gasteiger partial charge in [0, 0.05) is 17.7 Å². The summed E-state index contributed by atoms with van der Waals surface area (Å²) in [6, 6.07) is 10.7. The molecule has 0 fully saturated rings. The van der Waals surface area contributed by atoms with Crippen molar-refractivity contribution in [3.63, 3.8) is 0 Å². The van der Waals surface area contributed by atoms with E-state index in [9.17, 15) is 9.59 Å². The van der Waals surface area contributed by atoms with Crippen molar-refractivity contribution in [3.05, 3.63) is 47.5 Å². The Morgan fingerprint density at radius 2 is 1.88 bits per heavy atom. The predicted molar refractivity (Wildman–Crippen MR) is 104 cm³/mol. The molecule has 0 aliphatic carbocycles. The average Bonchev–Trinajstić information content (AvgIpc) is 3.04. The average molecular weight is 369 g/mol. The van der Waals surface area contributed by atoms with Gasteiger partial charge in [-0.05, 0) is 48.9 Å². The largest absolute Gasteiger partial charge is 0.497 e. The van der Waals surface area contributed by atoms with Gasteiger partial charge in [-0.25, -0.2) is 4.98 Å². The summed E-state index contributed by atoms with van der Waals surface area (Å²) in [7, 11) is 1.58. The fourth-order valence-electron chi connectivity index (χ4n) is 2.48. The van der Waals surface area contributed by atoms with Gasteiger partial charge in [0.25, 0.3) is 5.91 Å². The molecule has 3 rings (SSSR count). The number of hydrogen-bond donors (Lipinski definition) is 2. The molecule has 2 amide bonds. The highest BCUT2D eigenvalue weighted by Gasteiger charge is 2.12. The zero-order valence-corrected chi connectivity index (χ0v) is 15.6. The highest BCUT2D eigenvalue weighted by Crippen LogP contribution is 2.31. The van der Waals surface area contributed by atoms with E-state index in [-0.39, 0.29) is 11.8 Å². The highest BCUT2D eigenvalue weighted by atomic mass is 32.1. The van der Waals surface area contributed by atoms with Crippen molar-refractivity contribution in [2.24, 2.45) is 0 Å². The number of ether oxygens (including phenoxy) is 1. The van der Waals surface area contributed by atoms with Crippen LogP contribution in [0, 0.1) is 6.92 Å². The number of anilines is 2. The molecule has 0 unspecified atom stereocenters. The van der Waals surface area contributed by atoms with Crippen LogP contribution in [0.3, 0.4) is 0 Å². The van der Waals surface area contributed by atoms with Gasteiger partial charge in [0.15, 0.2) is 5.13 Å². The number of aromatic nitrogens is 1. The molecular formula is C19H19N3O3S. The first-order valence-corrected chi connectivity index (χ1v) is 8.98. The van der Waals surface area contributed by atoms with Crippen LogP contribution in [0.5, 0.6) is 5.75 Å². The summed E-state index contributed by atoms with van der Waals surface area (Å²) in [4.78, 5) is 28.4. The number of carbonyl (C=O) groups is 2. The first kappa shape index (κ1) is 17.9. The number of rotatable bonds is 5. The lowest BCUT2D eigenvalue weighted by Gasteiger charge is -2.07. The molecule has 2 aromatic carbocycles. The lowest BCUT2D eigenvalue weighted by molar-refractivity contribution is -0.115. The van der Waals surface area contributed by atoms with E-state index in [1.54, 1.807) is 38.3 Å². The maximum atomic E-state index is 12.4. The number of carbonyl (C=O) groups excluding carboxylic acids is 2. The van der Waals surface area contributed by atoms with Crippen LogP contribution in [0.4, 0.5) is 10.8 Å². The van der Waals surface area contributed by atoms with E-state index >= 15 is 0 Å². The third-order valence-corrected chi connectivity index (χ3v) is 4.78. The van der Waals surface area contributed by atoms with E-state index in [4.69, 9.17) is 4.74 Å². The lowest BCUT2D eigenvalue weighted by atomic mass is 10.1. The summed E-state index contributed by atoms with van der Waals surface area (Å²) in [5.74, 6) is 0.426. The molecule has 1 heterocycles. The summed E-state index contributed by atoms with van der Waals surface area (Å²) < 4.78 is 6.01. The minimum Gasteiger partial charge on any atom is -0.497 e. The normalized spacial score (nSPS) is 10.6. The van der Waals surface area contributed by atoms with Crippen molar-refractivity contribution >= 4 is 44.2 Å². The van der Waals surface area contributed by atoms with Crippen LogP contribution >= 0.6 is 11.3 Å².